The van der Waals surface area contributed by atoms with Crippen LogP contribution < -0.4 is 0 Å². The first-order valence-electron chi connectivity index (χ1n) is 7.87. The highest BCUT2D eigenvalue weighted by atomic mass is 14.2. The standard InChI is InChI=1S/C17H36/c1-7-10-16(4)12-9-14-17(5,6)13-8-11-15(2)3/h15-16H,7-14H2,1-6H3. The van der Waals surface area contributed by atoms with Gasteiger partial charge >= 0.3 is 0 Å². The molecule has 0 aliphatic rings. The Balaban J connectivity index is 3.62. The van der Waals surface area contributed by atoms with Crippen molar-refractivity contribution in [2.45, 2.75) is 92.9 Å². The van der Waals surface area contributed by atoms with Gasteiger partial charge in [-0.25, -0.2) is 0 Å². The summed E-state index contributed by atoms with van der Waals surface area (Å²) in [6.45, 7) is 14.3. The molecule has 0 aliphatic heterocycles. The Morgan fingerprint density at radius 1 is 0.824 bits per heavy atom. The lowest BCUT2D eigenvalue weighted by Crippen LogP contribution is -2.12. The van der Waals surface area contributed by atoms with Gasteiger partial charge in [0.2, 0.25) is 0 Å². The van der Waals surface area contributed by atoms with Crippen molar-refractivity contribution in [2.75, 3.05) is 0 Å². The molecule has 1 unspecified atom stereocenters. The van der Waals surface area contributed by atoms with Gasteiger partial charge < -0.3 is 0 Å². The highest BCUT2D eigenvalue weighted by Gasteiger charge is 2.17. The molecule has 0 heterocycles. The summed E-state index contributed by atoms with van der Waals surface area (Å²) in [5, 5.41) is 0. The van der Waals surface area contributed by atoms with Crippen LogP contribution >= 0.6 is 0 Å². The summed E-state index contributed by atoms with van der Waals surface area (Å²) in [4.78, 5) is 0. The van der Waals surface area contributed by atoms with Gasteiger partial charge in [0.25, 0.3) is 0 Å². The van der Waals surface area contributed by atoms with Crippen molar-refractivity contribution in [2.24, 2.45) is 17.3 Å². The van der Waals surface area contributed by atoms with Crippen LogP contribution in [0.1, 0.15) is 92.9 Å². The van der Waals surface area contributed by atoms with Crippen LogP contribution in [0.3, 0.4) is 0 Å². The molecule has 0 aliphatic carbocycles. The molecule has 0 rings (SSSR count). The fraction of sp³-hybridized carbons (Fsp3) is 1.00. The minimum atomic E-state index is 0.570. The Morgan fingerprint density at radius 3 is 1.82 bits per heavy atom. The van der Waals surface area contributed by atoms with E-state index >= 15 is 0 Å². The fourth-order valence-electron chi connectivity index (χ4n) is 2.68. The van der Waals surface area contributed by atoms with Crippen LogP contribution in [0.2, 0.25) is 0 Å². The van der Waals surface area contributed by atoms with Crippen LogP contribution in [0.5, 0.6) is 0 Å². The predicted molar refractivity (Wildman–Crippen MR) is 80.4 cm³/mol. The Morgan fingerprint density at radius 2 is 1.35 bits per heavy atom. The Bertz CT molecular complexity index is 167. The number of hydrogen-bond acceptors (Lipinski definition) is 0. The zero-order valence-electron chi connectivity index (χ0n) is 13.3. The Labute approximate surface area is 111 Å². The van der Waals surface area contributed by atoms with E-state index in [-0.39, 0.29) is 0 Å². The summed E-state index contributed by atoms with van der Waals surface area (Å²) in [5.74, 6) is 1.81. The monoisotopic (exact) mass is 240 g/mol. The summed E-state index contributed by atoms with van der Waals surface area (Å²) in [7, 11) is 0. The van der Waals surface area contributed by atoms with Gasteiger partial charge in [-0.15, -0.1) is 0 Å². The van der Waals surface area contributed by atoms with E-state index in [0.29, 0.717) is 5.41 Å². The van der Waals surface area contributed by atoms with Crippen molar-refractivity contribution in [1.29, 1.82) is 0 Å². The molecule has 0 spiro atoms. The van der Waals surface area contributed by atoms with Gasteiger partial charge in [0, 0.05) is 0 Å². The average Bonchev–Trinajstić information content (AvgIpc) is 2.16. The smallest absolute Gasteiger partial charge is 0.0354 e. The second kappa shape index (κ2) is 9.00. The maximum Gasteiger partial charge on any atom is -0.0354 e. The molecular formula is C17H36. The summed E-state index contributed by atoms with van der Waals surface area (Å²) >= 11 is 0. The van der Waals surface area contributed by atoms with Crippen LogP contribution in [-0.4, -0.2) is 0 Å². The third-order valence-electron chi connectivity index (χ3n) is 3.97. The van der Waals surface area contributed by atoms with Crippen LogP contribution in [0.15, 0.2) is 0 Å². The minimum absolute atomic E-state index is 0.570. The minimum Gasteiger partial charge on any atom is -0.0654 e. The van der Waals surface area contributed by atoms with E-state index in [1.807, 2.05) is 0 Å². The van der Waals surface area contributed by atoms with E-state index in [4.69, 9.17) is 0 Å². The molecule has 0 aromatic carbocycles. The first-order chi connectivity index (χ1) is 7.87. The first-order valence-corrected chi connectivity index (χ1v) is 7.87. The molecule has 0 aromatic heterocycles. The molecule has 0 amide bonds. The second-order valence-electron chi connectivity index (χ2n) is 7.24. The van der Waals surface area contributed by atoms with Crippen molar-refractivity contribution in [3.8, 4) is 0 Å². The van der Waals surface area contributed by atoms with Crippen molar-refractivity contribution in [3.63, 3.8) is 0 Å². The van der Waals surface area contributed by atoms with Crippen LogP contribution in [-0.2, 0) is 0 Å². The van der Waals surface area contributed by atoms with E-state index < -0.39 is 0 Å². The van der Waals surface area contributed by atoms with Gasteiger partial charge in [-0.3, -0.25) is 0 Å². The lowest BCUT2D eigenvalue weighted by atomic mass is 9.80. The molecule has 0 radical (unpaired) electrons. The molecule has 0 fully saturated rings. The lowest BCUT2D eigenvalue weighted by Gasteiger charge is -2.25. The Kier molecular flexibility index (Phi) is 9.00. The highest BCUT2D eigenvalue weighted by Crippen LogP contribution is 2.31. The maximum atomic E-state index is 2.46. The third kappa shape index (κ3) is 10.9. The van der Waals surface area contributed by atoms with E-state index in [1.165, 1.54) is 51.4 Å². The first kappa shape index (κ1) is 17.0. The van der Waals surface area contributed by atoms with Crippen LogP contribution in [0.25, 0.3) is 0 Å². The normalized spacial score (nSPS) is 14.3. The van der Waals surface area contributed by atoms with E-state index in [2.05, 4.69) is 41.5 Å². The predicted octanol–water partition coefficient (Wildman–Crippen LogP) is 6.45. The third-order valence-corrected chi connectivity index (χ3v) is 3.97. The summed E-state index contributed by atoms with van der Waals surface area (Å²) < 4.78 is 0. The quantitative estimate of drug-likeness (QED) is 0.412. The average molecular weight is 240 g/mol. The van der Waals surface area contributed by atoms with Crippen molar-refractivity contribution < 1.29 is 0 Å². The molecule has 0 saturated heterocycles. The van der Waals surface area contributed by atoms with Gasteiger partial charge in [0.15, 0.2) is 0 Å². The van der Waals surface area contributed by atoms with Crippen molar-refractivity contribution >= 4 is 0 Å². The summed E-state index contributed by atoms with van der Waals surface area (Å²) in [6, 6.07) is 0. The highest BCUT2D eigenvalue weighted by molar-refractivity contribution is 4.69. The van der Waals surface area contributed by atoms with E-state index in [9.17, 15) is 0 Å². The van der Waals surface area contributed by atoms with E-state index in [0.717, 1.165) is 11.8 Å². The Hall–Kier alpha value is 0. The molecule has 1 atom stereocenters. The van der Waals surface area contributed by atoms with Crippen molar-refractivity contribution in [3.05, 3.63) is 0 Å². The molecule has 0 N–H and O–H groups in total. The maximum absolute atomic E-state index is 2.46. The SMILES string of the molecule is CCCC(C)CCCC(C)(C)CCCC(C)C. The van der Waals surface area contributed by atoms with Crippen molar-refractivity contribution in [1.82, 2.24) is 0 Å². The molecule has 0 saturated carbocycles. The van der Waals surface area contributed by atoms with Crippen LogP contribution in [0, 0.1) is 17.3 Å². The molecular weight excluding hydrogens is 204 g/mol. The molecule has 0 nitrogen and oxygen atoms in total. The molecule has 104 valence electrons. The molecule has 0 bridgehead atoms. The topological polar surface area (TPSA) is 0 Å². The fourth-order valence-corrected chi connectivity index (χ4v) is 2.68. The molecule has 0 heteroatoms. The summed E-state index contributed by atoms with van der Waals surface area (Å²) in [5.41, 5.74) is 0.570. The number of hydrogen-bond donors (Lipinski definition) is 0. The number of rotatable bonds is 10. The second-order valence-corrected chi connectivity index (χ2v) is 7.24. The zero-order valence-corrected chi connectivity index (χ0v) is 13.3. The molecule has 0 aromatic rings. The van der Waals surface area contributed by atoms with Gasteiger partial charge in [-0.05, 0) is 30.1 Å². The van der Waals surface area contributed by atoms with Gasteiger partial charge in [-0.2, -0.15) is 0 Å². The van der Waals surface area contributed by atoms with Gasteiger partial charge in [0.05, 0.1) is 0 Å². The molecule has 17 heavy (non-hydrogen) atoms. The van der Waals surface area contributed by atoms with Gasteiger partial charge in [-0.1, -0.05) is 80.1 Å². The van der Waals surface area contributed by atoms with E-state index in [1.54, 1.807) is 0 Å². The van der Waals surface area contributed by atoms with Crippen LogP contribution in [0.4, 0.5) is 0 Å². The lowest BCUT2D eigenvalue weighted by molar-refractivity contribution is 0.270. The zero-order chi connectivity index (χ0) is 13.3. The largest absolute Gasteiger partial charge is 0.0654 e. The summed E-state index contributed by atoms with van der Waals surface area (Å²) in [6.07, 6.45) is 11.3. The van der Waals surface area contributed by atoms with Gasteiger partial charge in [0.1, 0.15) is 0 Å².